The van der Waals surface area contributed by atoms with Crippen LogP contribution in [0.1, 0.15) is 70.6 Å². The lowest BCUT2D eigenvalue weighted by Gasteiger charge is -2.30. The Labute approximate surface area is 191 Å². The normalized spacial score (nSPS) is 23.4. The Hall–Kier alpha value is -1.99. The Morgan fingerprint density at radius 2 is 1.59 bits per heavy atom. The number of carbonyl (C=O) groups excluding carboxylic acids is 1. The first-order valence-corrected chi connectivity index (χ1v) is 13.6. The van der Waals surface area contributed by atoms with E-state index < -0.39 is 10.0 Å². The molecule has 2 saturated carbocycles. The molecule has 2 aromatic rings. The molecule has 0 saturated heterocycles. The van der Waals surface area contributed by atoms with Gasteiger partial charge in [0, 0.05) is 30.1 Å². The van der Waals surface area contributed by atoms with Crippen LogP contribution in [-0.4, -0.2) is 31.9 Å². The van der Waals surface area contributed by atoms with E-state index in [4.69, 9.17) is 0 Å². The van der Waals surface area contributed by atoms with Gasteiger partial charge < -0.3 is 5.32 Å². The predicted octanol–water partition coefficient (Wildman–Crippen LogP) is 4.55. The first-order chi connectivity index (χ1) is 15.5. The van der Waals surface area contributed by atoms with Crippen molar-refractivity contribution >= 4 is 26.8 Å². The van der Waals surface area contributed by atoms with Gasteiger partial charge in [0.15, 0.2) is 0 Å². The highest BCUT2D eigenvalue weighted by atomic mass is 32.2. The zero-order valence-electron chi connectivity index (χ0n) is 18.8. The van der Waals surface area contributed by atoms with Gasteiger partial charge in [0.05, 0.1) is 5.52 Å². The van der Waals surface area contributed by atoms with Crippen LogP contribution in [0.15, 0.2) is 41.4 Å². The van der Waals surface area contributed by atoms with Gasteiger partial charge in [-0.15, -0.1) is 0 Å². The lowest BCUT2D eigenvalue weighted by atomic mass is 9.81. The number of rotatable bonds is 6. The number of para-hydroxylation sites is 1. The van der Waals surface area contributed by atoms with E-state index in [9.17, 15) is 13.2 Å². The van der Waals surface area contributed by atoms with Gasteiger partial charge in [-0.3, -0.25) is 9.78 Å². The molecule has 4 rings (SSSR count). The van der Waals surface area contributed by atoms with E-state index >= 15 is 0 Å². The van der Waals surface area contributed by atoms with Gasteiger partial charge in [0.1, 0.15) is 4.90 Å². The largest absolute Gasteiger partial charge is 0.353 e. The first-order valence-electron chi connectivity index (χ1n) is 12.2. The van der Waals surface area contributed by atoms with Crippen molar-refractivity contribution in [2.45, 2.75) is 81.6 Å². The number of carbonyl (C=O) groups is 1. The second-order valence-electron chi connectivity index (χ2n) is 9.45. The van der Waals surface area contributed by atoms with Crippen molar-refractivity contribution in [1.29, 1.82) is 0 Å². The van der Waals surface area contributed by atoms with Gasteiger partial charge in [-0.25, -0.2) is 13.1 Å². The minimum atomic E-state index is -3.63. The van der Waals surface area contributed by atoms with Gasteiger partial charge in [-0.05, 0) is 56.6 Å². The van der Waals surface area contributed by atoms with Crippen LogP contribution in [0.4, 0.5) is 0 Å². The molecule has 0 spiro atoms. The molecule has 7 heteroatoms. The number of amides is 1. The van der Waals surface area contributed by atoms with E-state index in [0.29, 0.717) is 18.1 Å². The number of aromatic nitrogens is 1. The van der Waals surface area contributed by atoms with Crippen molar-refractivity contribution in [3.63, 3.8) is 0 Å². The quantitative estimate of drug-likeness (QED) is 0.666. The fraction of sp³-hybridized carbons (Fsp3) is 0.600. The fourth-order valence-corrected chi connectivity index (χ4v) is 6.44. The second kappa shape index (κ2) is 10.8. The molecule has 6 nitrogen and oxygen atoms in total. The molecular weight excluding hydrogens is 422 g/mol. The summed E-state index contributed by atoms with van der Waals surface area (Å²) in [4.78, 5) is 17.3. The highest BCUT2D eigenvalue weighted by Crippen LogP contribution is 2.30. The van der Waals surface area contributed by atoms with E-state index in [-0.39, 0.29) is 22.6 Å². The summed E-state index contributed by atoms with van der Waals surface area (Å²) >= 11 is 0. The topological polar surface area (TPSA) is 88.2 Å². The Morgan fingerprint density at radius 3 is 2.34 bits per heavy atom. The fourth-order valence-electron chi connectivity index (χ4n) is 5.15. The molecule has 0 radical (unpaired) electrons. The molecule has 2 aliphatic carbocycles. The zero-order valence-corrected chi connectivity index (χ0v) is 19.6. The molecule has 1 aromatic carbocycles. The standard InChI is InChI=1S/C25H35N3O3S/c29-25(28-22-10-4-2-1-3-5-11-22)21-15-13-19(14-16-21)18-27-32(30,31)23-12-6-8-20-9-7-17-26-24(20)23/h6-9,12,17,19,21-22,27H,1-5,10-11,13-16,18H2,(H,28,29). The van der Waals surface area contributed by atoms with E-state index in [1.54, 1.807) is 24.4 Å². The molecule has 0 unspecified atom stereocenters. The minimum Gasteiger partial charge on any atom is -0.353 e. The van der Waals surface area contributed by atoms with Crippen molar-refractivity contribution in [2.75, 3.05) is 6.54 Å². The van der Waals surface area contributed by atoms with Crippen LogP contribution in [0, 0.1) is 11.8 Å². The summed E-state index contributed by atoms with van der Waals surface area (Å²) in [6.45, 7) is 0.405. The third kappa shape index (κ3) is 5.87. The van der Waals surface area contributed by atoms with E-state index in [1.807, 2.05) is 12.1 Å². The van der Waals surface area contributed by atoms with Crippen molar-refractivity contribution in [3.8, 4) is 0 Å². The van der Waals surface area contributed by atoms with Crippen molar-refractivity contribution in [2.24, 2.45) is 11.8 Å². The third-order valence-electron chi connectivity index (χ3n) is 7.12. The molecule has 1 aromatic heterocycles. The average molecular weight is 458 g/mol. The molecule has 2 aliphatic rings. The number of nitrogens with zero attached hydrogens (tertiary/aromatic N) is 1. The molecule has 0 atom stereocenters. The summed E-state index contributed by atoms with van der Waals surface area (Å²) < 4.78 is 28.6. The maximum absolute atomic E-state index is 12.9. The molecule has 1 amide bonds. The van der Waals surface area contributed by atoms with Crippen LogP contribution in [0.5, 0.6) is 0 Å². The Bertz CT molecular complexity index is 1000. The zero-order chi connectivity index (χ0) is 22.4. The molecule has 0 aliphatic heterocycles. The summed E-state index contributed by atoms with van der Waals surface area (Å²) in [5.74, 6) is 0.533. The highest BCUT2D eigenvalue weighted by molar-refractivity contribution is 7.89. The molecule has 2 fully saturated rings. The highest BCUT2D eigenvalue weighted by Gasteiger charge is 2.29. The summed E-state index contributed by atoms with van der Waals surface area (Å²) in [5, 5.41) is 4.12. The number of sulfonamides is 1. The maximum atomic E-state index is 12.9. The lowest BCUT2D eigenvalue weighted by molar-refractivity contribution is -0.127. The number of hydrogen-bond acceptors (Lipinski definition) is 4. The van der Waals surface area contributed by atoms with Crippen LogP contribution in [-0.2, 0) is 14.8 Å². The van der Waals surface area contributed by atoms with Gasteiger partial charge in [0.2, 0.25) is 15.9 Å². The van der Waals surface area contributed by atoms with E-state index in [2.05, 4.69) is 15.0 Å². The van der Waals surface area contributed by atoms with Crippen LogP contribution in [0.25, 0.3) is 10.9 Å². The first kappa shape index (κ1) is 23.2. The van der Waals surface area contributed by atoms with Crippen LogP contribution < -0.4 is 10.0 Å². The lowest BCUT2D eigenvalue weighted by Crippen LogP contribution is -2.41. The molecule has 2 N–H and O–H groups in total. The van der Waals surface area contributed by atoms with Gasteiger partial charge >= 0.3 is 0 Å². The number of hydrogen-bond donors (Lipinski definition) is 2. The number of nitrogens with one attached hydrogen (secondary N) is 2. The Morgan fingerprint density at radius 1 is 0.906 bits per heavy atom. The minimum absolute atomic E-state index is 0.0653. The monoisotopic (exact) mass is 457 g/mol. The van der Waals surface area contributed by atoms with Gasteiger partial charge in [-0.2, -0.15) is 0 Å². The summed E-state index contributed by atoms with van der Waals surface area (Å²) in [5.41, 5.74) is 0.497. The smallest absolute Gasteiger partial charge is 0.242 e. The SMILES string of the molecule is O=C(NC1CCCCCCC1)C1CCC(CNS(=O)(=O)c2cccc3cccnc23)CC1. The Balaban J connectivity index is 1.27. The summed E-state index contributed by atoms with van der Waals surface area (Å²) in [6.07, 6.45) is 13.5. The maximum Gasteiger partial charge on any atom is 0.242 e. The third-order valence-corrected chi connectivity index (χ3v) is 8.57. The average Bonchev–Trinajstić information content (AvgIpc) is 2.79. The molecule has 174 valence electrons. The Kier molecular flexibility index (Phi) is 7.79. The molecular formula is C25H35N3O3S. The predicted molar refractivity (Wildman–Crippen MR) is 127 cm³/mol. The molecule has 32 heavy (non-hydrogen) atoms. The summed E-state index contributed by atoms with van der Waals surface area (Å²) in [6, 6.07) is 9.22. The van der Waals surface area contributed by atoms with Crippen LogP contribution in [0.2, 0.25) is 0 Å². The number of benzene rings is 1. The number of fused-ring (bicyclic) bond motifs is 1. The van der Waals surface area contributed by atoms with Crippen molar-refractivity contribution in [1.82, 2.24) is 15.0 Å². The van der Waals surface area contributed by atoms with Crippen molar-refractivity contribution in [3.05, 3.63) is 36.5 Å². The van der Waals surface area contributed by atoms with Gasteiger partial charge in [0.25, 0.3) is 0 Å². The second-order valence-corrected chi connectivity index (χ2v) is 11.2. The van der Waals surface area contributed by atoms with Crippen LogP contribution >= 0.6 is 0 Å². The van der Waals surface area contributed by atoms with Crippen LogP contribution in [0.3, 0.4) is 0 Å². The van der Waals surface area contributed by atoms with Crippen molar-refractivity contribution < 1.29 is 13.2 Å². The molecule has 1 heterocycles. The van der Waals surface area contributed by atoms with E-state index in [1.165, 1.54) is 32.1 Å². The summed E-state index contributed by atoms with van der Waals surface area (Å²) in [7, 11) is -3.63. The number of pyridine rings is 1. The van der Waals surface area contributed by atoms with Gasteiger partial charge in [-0.1, -0.05) is 50.3 Å². The van der Waals surface area contributed by atoms with E-state index in [0.717, 1.165) is 43.9 Å². The molecule has 0 bridgehead atoms.